The molecule has 0 amide bonds. The molecule has 0 radical (unpaired) electrons. The number of nitrogens with zero attached hydrogens (tertiary/aromatic N) is 1. The van der Waals surface area contributed by atoms with Crippen LogP contribution in [-0.2, 0) is 11.3 Å². The van der Waals surface area contributed by atoms with Crippen LogP contribution >= 0.6 is 0 Å². The molecule has 0 spiro atoms. The summed E-state index contributed by atoms with van der Waals surface area (Å²) in [6.45, 7) is 4.01. The molecule has 1 aromatic carbocycles. The van der Waals surface area contributed by atoms with Crippen molar-refractivity contribution in [3.05, 3.63) is 35.6 Å². The first kappa shape index (κ1) is 12.0. The molecule has 2 rings (SSSR count). The highest BCUT2D eigenvalue weighted by atomic mass is 19.1. The van der Waals surface area contributed by atoms with Crippen LogP contribution in [0.2, 0.25) is 0 Å². The van der Waals surface area contributed by atoms with Crippen LogP contribution < -0.4 is 0 Å². The quantitative estimate of drug-likeness (QED) is 0.873. The topological polar surface area (TPSA) is 40.5 Å². The largest absolute Gasteiger partial charge is 0.481 e. The fraction of sp³-hybridized carbons (Fsp3) is 0.462. The Labute approximate surface area is 99.9 Å². The Morgan fingerprint density at radius 2 is 2.06 bits per heavy atom. The van der Waals surface area contributed by atoms with Gasteiger partial charge in [-0.3, -0.25) is 9.69 Å². The molecule has 1 fully saturated rings. The van der Waals surface area contributed by atoms with Crippen LogP contribution in [0.1, 0.15) is 12.5 Å². The van der Waals surface area contributed by atoms with E-state index >= 15 is 0 Å². The summed E-state index contributed by atoms with van der Waals surface area (Å²) < 4.78 is 12.7. The molecule has 92 valence electrons. The summed E-state index contributed by atoms with van der Waals surface area (Å²) in [7, 11) is 0. The van der Waals surface area contributed by atoms with Gasteiger partial charge in [0.2, 0.25) is 0 Å². The smallest absolute Gasteiger partial charge is 0.308 e. The van der Waals surface area contributed by atoms with Gasteiger partial charge in [0.25, 0.3) is 0 Å². The first-order chi connectivity index (χ1) is 8.06. The summed E-state index contributed by atoms with van der Waals surface area (Å²) in [5, 5.41) is 9.03. The molecule has 0 aliphatic carbocycles. The lowest BCUT2D eigenvalue weighted by molar-refractivity contribution is -0.142. The molecule has 1 N–H and O–H groups in total. The van der Waals surface area contributed by atoms with Crippen LogP contribution in [0, 0.1) is 17.7 Å². The average Bonchev–Trinajstić information content (AvgIpc) is 2.63. The lowest BCUT2D eigenvalue weighted by Crippen LogP contribution is -2.23. The van der Waals surface area contributed by atoms with Gasteiger partial charge in [0.15, 0.2) is 0 Å². The minimum Gasteiger partial charge on any atom is -0.481 e. The zero-order chi connectivity index (χ0) is 12.4. The molecule has 0 saturated carbocycles. The van der Waals surface area contributed by atoms with Crippen LogP contribution in [-0.4, -0.2) is 29.1 Å². The number of halogens is 1. The number of carbonyl (C=O) groups is 1. The van der Waals surface area contributed by atoms with Crippen LogP contribution in [0.5, 0.6) is 0 Å². The first-order valence-corrected chi connectivity index (χ1v) is 5.76. The van der Waals surface area contributed by atoms with Crippen molar-refractivity contribution in [3.63, 3.8) is 0 Å². The van der Waals surface area contributed by atoms with E-state index in [1.54, 1.807) is 12.1 Å². The van der Waals surface area contributed by atoms with E-state index in [4.69, 9.17) is 5.11 Å². The van der Waals surface area contributed by atoms with Crippen molar-refractivity contribution >= 4 is 5.97 Å². The van der Waals surface area contributed by atoms with E-state index in [0.717, 1.165) is 12.1 Å². The van der Waals surface area contributed by atoms with Gasteiger partial charge < -0.3 is 5.11 Å². The lowest BCUT2D eigenvalue weighted by Gasteiger charge is -2.15. The summed E-state index contributed by atoms with van der Waals surface area (Å²) in [4.78, 5) is 13.1. The highest BCUT2D eigenvalue weighted by molar-refractivity contribution is 5.71. The predicted octanol–water partition coefficient (Wildman–Crippen LogP) is 1.98. The monoisotopic (exact) mass is 237 g/mol. The van der Waals surface area contributed by atoms with Crippen molar-refractivity contribution in [3.8, 4) is 0 Å². The third-order valence-electron chi connectivity index (χ3n) is 3.32. The predicted molar refractivity (Wildman–Crippen MR) is 62.0 cm³/mol. The number of hydrogen-bond acceptors (Lipinski definition) is 2. The Bertz CT molecular complexity index is 404. The molecule has 1 saturated heterocycles. The summed E-state index contributed by atoms with van der Waals surface area (Å²) in [6, 6.07) is 6.36. The fourth-order valence-corrected chi connectivity index (χ4v) is 2.37. The van der Waals surface area contributed by atoms with Gasteiger partial charge in [0.1, 0.15) is 5.82 Å². The highest BCUT2D eigenvalue weighted by Gasteiger charge is 2.34. The lowest BCUT2D eigenvalue weighted by atomic mass is 9.99. The fourth-order valence-electron chi connectivity index (χ4n) is 2.37. The summed E-state index contributed by atoms with van der Waals surface area (Å²) in [5.74, 6) is -1.07. The van der Waals surface area contributed by atoms with Crippen LogP contribution in [0.4, 0.5) is 4.39 Å². The van der Waals surface area contributed by atoms with Gasteiger partial charge >= 0.3 is 5.97 Å². The van der Waals surface area contributed by atoms with Gasteiger partial charge in [0, 0.05) is 19.6 Å². The number of aliphatic carboxylic acids is 1. The zero-order valence-electron chi connectivity index (χ0n) is 9.77. The van der Waals surface area contributed by atoms with Gasteiger partial charge in [-0.05, 0) is 23.6 Å². The Balaban J connectivity index is 1.97. The minimum absolute atomic E-state index is 0.174. The molecule has 1 heterocycles. The van der Waals surface area contributed by atoms with E-state index in [0.29, 0.717) is 13.1 Å². The molecule has 4 heteroatoms. The van der Waals surface area contributed by atoms with Crippen molar-refractivity contribution in [2.45, 2.75) is 13.5 Å². The molecule has 0 bridgehead atoms. The molecule has 17 heavy (non-hydrogen) atoms. The molecule has 1 aromatic rings. The standard InChI is InChI=1S/C13H16FNO2/c1-9-6-15(8-12(9)13(16)17)7-10-2-4-11(14)5-3-10/h2-5,9,12H,6-8H2,1H3,(H,16,17)/t9-,12-/m1/s1. The second kappa shape index (κ2) is 4.84. The molecule has 1 aliphatic heterocycles. The number of carboxylic acids is 1. The summed E-state index contributed by atoms with van der Waals surface area (Å²) in [6.07, 6.45) is 0. The van der Waals surface area contributed by atoms with Crippen molar-refractivity contribution < 1.29 is 14.3 Å². The van der Waals surface area contributed by atoms with E-state index in [-0.39, 0.29) is 17.7 Å². The SMILES string of the molecule is C[C@@H]1CN(Cc2ccc(F)cc2)C[C@H]1C(=O)O. The normalized spacial score (nSPS) is 25.1. The number of rotatable bonds is 3. The number of carboxylic acid groups (broad SMARTS) is 1. The summed E-state index contributed by atoms with van der Waals surface area (Å²) >= 11 is 0. The molecule has 2 atom stereocenters. The Kier molecular flexibility index (Phi) is 3.43. The van der Waals surface area contributed by atoms with Gasteiger partial charge in [-0.1, -0.05) is 19.1 Å². The van der Waals surface area contributed by atoms with Crippen LogP contribution in [0.3, 0.4) is 0 Å². The molecular formula is C13H16FNO2. The highest BCUT2D eigenvalue weighted by Crippen LogP contribution is 2.24. The second-order valence-electron chi connectivity index (χ2n) is 4.74. The Hall–Kier alpha value is -1.42. The van der Waals surface area contributed by atoms with Gasteiger partial charge in [-0.2, -0.15) is 0 Å². The third-order valence-corrected chi connectivity index (χ3v) is 3.32. The zero-order valence-corrected chi connectivity index (χ0v) is 9.77. The maximum Gasteiger partial charge on any atom is 0.308 e. The van der Waals surface area contributed by atoms with E-state index in [2.05, 4.69) is 4.90 Å². The molecule has 1 aliphatic rings. The number of benzene rings is 1. The van der Waals surface area contributed by atoms with Gasteiger partial charge in [-0.15, -0.1) is 0 Å². The van der Waals surface area contributed by atoms with Crippen LogP contribution in [0.15, 0.2) is 24.3 Å². The first-order valence-electron chi connectivity index (χ1n) is 5.76. The minimum atomic E-state index is -0.723. The summed E-state index contributed by atoms with van der Waals surface area (Å²) in [5.41, 5.74) is 1.02. The van der Waals surface area contributed by atoms with E-state index in [1.165, 1.54) is 12.1 Å². The molecule has 0 unspecified atom stereocenters. The Morgan fingerprint density at radius 1 is 1.41 bits per heavy atom. The Morgan fingerprint density at radius 3 is 2.59 bits per heavy atom. The number of likely N-dealkylation sites (tertiary alicyclic amines) is 1. The van der Waals surface area contributed by atoms with Crippen molar-refractivity contribution in [2.75, 3.05) is 13.1 Å². The van der Waals surface area contributed by atoms with Crippen molar-refractivity contribution in [2.24, 2.45) is 11.8 Å². The van der Waals surface area contributed by atoms with Crippen molar-refractivity contribution in [1.29, 1.82) is 0 Å². The maximum atomic E-state index is 12.7. The number of hydrogen-bond donors (Lipinski definition) is 1. The van der Waals surface area contributed by atoms with Crippen molar-refractivity contribution in [1.82, 2.24) is 4.90 Å². The molecule has 3 nitrogen and oxygen atoms in total. The van der Waals surface area contributed by atoms with E-state index in [1.807, 2.05) is 6.92 Å². The third kappa shape index (κ3) is 2.82. The van der Waals surface area contributed by atoms with Gasteiger partial charge in [0.05, 0.1) is 5.92 Å². The van der Waals surface area contributed by atoms with Crippen LogP contribution in [0.25, 0.3) is 0 Å². The van der Waals surface area contributed by atoms with E-state index < -0.39 is 5.97 Å². The maximum absolute atomic E-state index is 12.7. The molecule has 0 aromatic heterocycles. The van der Waals surface area contributed by atoms with Gasteiger partial charge in [-0.25, -0.2) is 4.39 Å². The average molecular weight is 237 g/mol. The van der Waals surface area contributed by atoms with E-state index in [9.17, 15) is 9.18 Å². The molecular weight excluding hydrogens is 221 g/mol. The second-order valence-corrected chi connectivity index (χ2v) is 4.74.